The van der Waals surface area contributed by atoms with E-state index in [0.29, 0.717) is 23.8 Å². The molecule has 0 unspecified atom stereocenters. The zero-order chi connectivity index (χ0) is 18.8. The maximum absolute atomic E-state index is 13.4. The van der Waals surface area contributed by atoms with Crippen molar-refractivity contribution in [2.45, 2.75) is 6.54 Å². The van der Waals surface area contributed by atoms with Gasteiger partial charge < -0.3 is 14.6 Å². The van der Waals surface area contributed by atoms with Crippen LogP contribution in [-0.4, -0.2) is 34.7 Å². The van der Waals surface area contributed by atoms with Crippen LogP contribution in [0, 0.1) is 11.6 Å². The maximum Gasteiger partial charge on any atom is 0.292 e. The van der Waals surface area contributed by atoms with Gasteiger partial charge in [-0.2, -0.15) is 5.10 Å². The van der Waals surface area contributed by atoms with E-state index in [1.54, 1.807) is 19.2 Å². The highest BCUT2D eigenvalue weighted by molar-refractivity contribution is 6.02. The molecule has 0 saturated heterocycles. The first-order valence-corrected chi connectivity index (χ1v) is 7.87. The number of aromatic nitrogens is 2. The SMILES string of the molecule is CN(C)Cc1ccc(C(=O)Nc2cc(-c3cc(F)cc(F)c3)nn2C)o1. The molecule has 2 aromatic heterocycles. The molecular weight excluding hydrogens is 342 g/mol. The van der Waals surface area contributed by atoms with Crippen molar-refractivity contribution in [2.24, 2.45) is 7.05 Å². The van der Waals surface area contributed by atoms with E-state index in [1.165, 1.54) is 22.9 Å². The van der Waals surface area contributed by atoms with Crippen molar-refractivity contribution in [2.75, 3.05) is 19.4 Å². The molecule has 0 saturated carbocycles. The van der Waals surface area contributed by atoms with Gasteiger partial charge in [-0.3, -0.25) is 9.48 Å². The molecule has 26 heavy (non-hydrogen) atoms. The van der Waals surface area contributed by atoms with E-state index in [4.69, 9.17) is 4.42 Å². The Morgan fingerprint density at radius 2 is 1.88 bits per heavy atom. The highest BCUT2D eigenvalue weighted by Gasteiger charge is 2.16. The highest BCUT2D eigenvalue weighted by atomic mass is 19.1. The molecule has 2 heterocycles. The third-order valence-corrected chi connectivity index (χ3v) is 3.64. The van der Waals surface area contributed by atoms with E-state index in [0.717, 1.165) is 6.07 Å². The largest absolute Gasteiger partial charge is 0.455 e. The zero-order valence-corrected chi connectivity index (χ0v) is 14.6. The number of amides is 1. The first-order valence-electron chi connectivity index (χ1n) is 7.87. The Labute approximate surface area is 149 Å². The van der Waals surface area contributed by atoms with E-state index in [-0.39, 0.29) is 11.3 Å². The molecule has 0 bridgehead atoms. The quantitative estimate of drug-likeness (QED) is 0.759. The summed E-state index contributed by atoms with van der Waals surface area (Å²) in [6.45, 7) is 0.578. The number of carbonyl (C=O) groups excluding carboxylic acids is 1. The van der Waals surface area contributed by atoms with Gasteiger partial charge in [0, 0.05) is 24.7 Å². The summed E-state index contributed by atoms with van der Waals surface area (Å²) in [4.78, 5) is 14.3. The monoisotopic (exact) mass is 360 g/mol. The van der Waals surface area contributed by atoms with Crippen molar-refractivity contribution >= 4 is 11.7 Å². The molecule has 3 aromatic rings. The van der Waals surface area contributed by atoms with Gasteiger partial charge in [0.1, 0.15) is 23.2 Å². The van der Waals surface area contributed by atoms with Crippen LogP contribution >= 0.6 is 0 Å². The second kappa shape index (κ2) is 7.09. The zero-order valence-electron chi connectivity index (χ0n) is 14.6. The van der Waals surface area contributed by atoms with Gasteiger partial charge in [0.15, 0.2) is 5.76 Å². The fourth-order valence-electron chi connectivity index (χ4n) is 2.50. The summed E-state index contributed by atoms with van der Waals surface area (Å²) in [7, 11) is 5.41. The van der Waals surface area contributed by atoms with Crippen LogP contribution in [0.5, 0.6) is 0 Å². The van der Waals surface area contributed by atoms with Crippen LogP contribution < -0.4 is 5.32 Å². The third-order valence-electron chi connectivity index (χ3n) is 3.64. The van der Waals surface area contributed by atoms with Gasteiger partial charge in [0.05, 0.1) is 12.2 Å². The fraction of sp³-hybridized carbons (Fsp3) is 0.222. The summed E-state index contributed by atoms with van der Waals surface area (Å²) in [6, 6.07) is 8.01. The summed E-state index contributed by atoms with van der Waals surface area (Å²) >= 11 is 0. The predicted molar refractivity (Wildman–Crippen MR) is 92.6 cm³/mol. The number of aryl methyl sites for hydroxylation is 1. The van der Waals surface area contributed by atoms with Crippen molar-refractivity contribution in [1.82, 2.24) is 14.7 Å². The van der Waals surface area contributed by atoms with Crippen molar-refractivity contribution in [3.63, 3.8) is 0 Å². The van der Waals surface area contributed by atoms with Crippen LogP contribution in [0.2, 0.25) is 0 Å². The molecular formula is C18H18F2N4O2. The minimum absolute atomic E-state index is 0.168. The Kier molecular flexibility index (Phi) is 4.85. The standard InChI is InChI=1S/C18H18F2N4O2/c1-23(2)10-14-4-5-16(26-14)18(25)21-17-9-15(22-24(17)3)11-6-12(19)8-13(20)7-11/h4-9H,10H2,1-3H3,(H,21,25). The van der Waals surface area contributed by atoms with Crippen LogP contribution in [0.1, 0.15) is 16.3 Å². The van der Waals surface area contributed by atoms with Crippen LogP contribution in [0.3, 0.4) is 0 Å². The molecule has 136 valence electrons. The summed E-state index contributed by atoms with van der Waals surface area (Å²) < 4.78 is 33.7. The Bertz CT molecular complexity index is 926. The van der Waals surface area contributed by atoms with Gasteiger partial charge in [0.25, 0.3) is 5.91 Å². The molecule has 1 amide bonds. The van der Waals surface area contributed by atoms with E-state index in [1.807, 2.05) is 19.0 Å². The van der Waals surface area contributed by atoms with Crippen molar-refractivity contribution in [3.8, 4) is 11.3 Å². The van der Waals surface area contributed by atoms with Crippen LogP contribution in [0.15, 0.2) is 40.8 Å². The molecule has 3 rings (SSSR count). The predicted octanol–water partition coefficient (Wildman–Crippen LogP) is 3.27. The second-order valence-electron chi connectivity index (χ2n) is 6.15. The number of nitrogens with zero attached hydrogens (tertiary/aromatic N) is 3. The lowest BCUT2D eigenvalue weighted by Crippen LogP contribution is -2.14. The number of nitrogens with one attached hydrogen (secondary N) is 1. The minimum atomic E-state index is -0.694. The molecule has 1 aromatic carbocycles. The van der Waals surface area contributed by atoms with Crippen LogP contribution in [0.4, 0.5) is 14.6 Å². The number of rotatable bonds is 5. The van der Waals surface area contributed by atoms with E-state index in [9.17, 15) is 13.6 Å². The first-order chi connectivity index (χ1) is 12.3. The highest BCUT2D eigenvalue weighted by Crippen LogP contribution is 2.24. The molecule has 8 heteroatoms. The second-order valence-corrected chi connectivity index (χ2v) is 6.15. The summed E-state index contributed by atoms with van der Waals surface area (Å²) in [6.07, 6.45) is 0. The number of hydrogen-bond acceptors (Lipinski definition) is 4. The molecule has 6 nitrogen and oxygen atoms in total. The number of anilines is 1. The van der Waals surface area contributed by atoms with E-state index < -0.39 is 17.5 Å². The van der Waals surface area contributed by atoms with Crippen molar-refractivity contribution < 1.29 is 18.0 Å². The van der Waals surface area contributed by atoms with Gasteiger partial charge in [-0.1, -0.05) is 0 Å². The molecule has 0 radical (unpaired) electrons. The molecule has 1 N–H and O–H groups in total. The maximum atomic E-state index is 13.4. The number of furan rings is 1. The van der Waals surface area contributed by atoms with Gasteiger partial charge in [-0.15, -0.1) is 0 Å². The molecule has 0 aliphatic carbocycles. The first kappa shape index (κ1) is 17.8. The topological polar surface area (TPSA) is 63.3 Å². The molecule has 0 spiro atoms. The summed E-state index contributed by atoms with van der Waals surface area (Å²) in [5.41, 5.74) is 0.624. The lowest BCUT2D eigenvalue weighted by molar-refractivity contribution is 0.0992. The smallest absolute Gasteiger partial charge is 0.292 e. The minimum Gasteiger partial charge on any atom is -0.455 e. The normalized spacial score (nSPS) is 11.2. The Hall–Kier alpha value is -3.00. The molecule has 0 aliphatic rings. The lowest BCUT2D eigenvalue weighted by atomic mass is 10.1. The Morgan fingerprint density at radius 3 is 2.54 bits per heavy atom. The number of benzene rings is 1. The van der Waals surface area contributed by atoms with Gasteiger partial charge in [-0.05, 0) is 38.4 Å². The summed E-state index contributed by atoms with van der Waals surface area (Å²) in [5.74, 6) is -0.613. The number of hydrogen-bond donors (Lipinski definition) is 1. The van der Waals surface area contributed by atoms with Crippen LogP contribution in [0.25, 0.3) is 11.3 Å². The molecule has 0 aliphatic heterocycles. The van der Waals surface area contributed by atoms with Gasteiger partial charge in [-0.25, -0.2) is 8.78 Å². The molecule has 0 fully saturated rings. The average Bonchev–Trinajstić information content (AvgIpc) is 3.13. The summed E-state index contributed by atoms with van der Waals surface area (Å²) in [5, 5.41) is 6.86. The van der Waals surface area contributed by atoms with Crippen LogP contribution in [-0.2, 0) is 13.6 Å². The van der Waals surface area contributed by atoms with Crippen molar-refractivity contribution in [3.05, 3.63) is 59.6 Å². The molecule has 0 atom stereocenters. The Morgan fingerprint density at radius 1 is 1.19 bits per heavy atom. The average molecular weight is 360 g/mol. The van der Waals surface area contributed by atoms with E-state index in [2.05, 4.69) is 10.4 Å². The van der Waals surface area contributed by atoms with E-state index >= 15 is 0 Å². The van der Waals surface area contributed by atoms with Crippen molar-refractivity contribution in [1.29, 1.82) is 0 Å². The number of carbonyl (C=O) groups is 1. The van der Waals surface area contributed by atoms with Gasteiger partial charge in [0.2, 0.25) is 0 Å². The fourth-order valence-corrected chi connectivity index (χ4v) is 2.50. The number of halogens is 2. The Balaban J connectivity index is 1.79. The third kappa shape index (κ3) is 3.97. The van der Waals surface area contributed by atoms with Gasteiger partial charge >= 0.3 is 0 Å². The lowest BCUT2D eigenvalue weighted by Gasteiger charge is -2.06.